The first-order chi connectivity index (χ1) is 5.66. The molecule has 0 aliphatic carbocycles. The molecule has 0 aliphatic rings. The predicted octanol–water partition coefficient (Wildman–Crippen LogP) is -1.29. The van der Waals surface area contributed by atoms with Crippen LogP contribution in [0.2, 0.25) is 0 Å². The molecule has 0 amide bonds. The highest BCUT2D eigenvalue weighted by atomic mass is 19.1. The van der Waals surface area contributed by atoms with Crippen LogP contribution in [-0.2, 0) is 0 Å². The second kappa shape index (κ2) is 3.42. The molecule has 0 unspecified atom stereocenters. The van der Waals surface area contributed by atoms with Gasteiger partial charge in [-0.2, -0.15) is 0 Å². The quantitative estimate of drug-likeness (QED) is 0.427. The van der Waals surface area contributed by atoms with E-state index in [0.29, 0.717) is 0 Å². The summed E-state index contributed by atoms with van der Waals surface area (Å²) in [5, 5.41) is 17.2. The van der Waals surface area contributed by atoms with Crippen LogP contribution < -0.4 is 5.46 Å². The molecule has 62 valence electrons. The minimum absolute atomic E-state index is 0.258. The topological polar surface area (TPSA) is 70.4 Å². The van der Waals surface area contributed by atoms with Crippen LogP contribution in [0.5, 0.6) is 0 Å². The van der Waals surface area contributed by atoms with Gasteiger partial charge in [0.1, 0.15) is 5.82 Å². The van der Waals surface area contributed by atoms with Gasteiger partial charge in [-0.05, 0) is 0 Å². The number of hydrogen-bond donors (Lipinski definition) is 2. The first-order valence-electron chi connectivity index (χ1n) is 3.11. The number of aldehydes is 1. The molecule has 0 saturated heterocycles. The number of pyridine rings is 1. The van der Waals surface area contributed by atoms with Crippen LogP contribution in [0.3, 0.4) is 0 Å². The Morgan fingerprint density at radius 2 is 2.17 bits per heavy atom. The highest BCUT2D eigenvalue weighted by Crippen LogP contribution is 1.98. The summed E-state index contributed by atoms with van der Waals surface area (Å²) in [5.74, 6) is -0.949. The van der Waals surface area contributed by atoms with Crippen LogP contribution in [-0.4, -0.2) is 28.4 Å². The van der Waals surface area contributed by atoms with Gasteiger partial charge in [0, 0.05) is 17.9 Å². The average molecular weight is 169 g/mol. The van der Waals surface area contributed by atoms with Crippen molar-refractivity contribution in [2.45, 2.75) is 0 Å². The maximum absolute atomic E-state index is 12.9. The third-order valence-electron chi connectivity index (χ3n) is 1.34. The number of nitrogens with zero attached hydrogens (tertiary/aromatic N) is 1. The largest absolute Gasteiger partial charge is 0.493 e. The fourth-order valence-corrected chi connectivity index (χ4v) is 0.740. The van der Waals surface area contributed by atoms with E-state index in [-0.39, 0.29) is 11.8 Å². The summed E-state index contributed by atoms with van der Waals surface area (Å²) in [7, 11) is -1.95. The van der Waals surface area contributed by atoms with Crippen molar-refractivity contribution in [2.24, 2.45) is 0 Å². The van der Waals surface area contributed by atoms with E-state index in [1.807, 2.05) is 0 Å². The Morgan fingerprint density at radius 3 is 2.67 bits per heavy atom. The molecule has 1 heterocycles. The molecule has 4 nitrogen and oxygen atoms in total. The molecule has 0 aliphatic heterocycles. The van der Waals surface area contributed by atoms with Gasteiger partial charge >= 0.3 is 7.12 Å². The number of aromatic nitrogens is 1. The van der Waals surface area contributed by atoms with E-state index in [9.17, 15) is 9.18 Å². The minimum Gasteiger partial charge on any atom is -0.423 e. The molecule has 0 saturated carbocycles. The first kappa shape index (κ1) is 8.83. The zero-order valence-electron chi connectivity index (χ0n) is 5.94. The van der Waals surface area contributed by atoms with E-state index in [2.05, 4.69) is 4.98 Å². The van der Waals surface area contributed by atoms with Gasteiger partial charge in [0.2, 0.25) is 0 Å². The van der Waals surface area contributed by atoms with Crippen molar-refractivity contribution in [1.82, 2.24) is 4.98 Å². The molecule has 12 heavy (non-hydrogen) atoms. The summed E-state index contributed by atoms with van der Waals surface area (Å²) in [4.78, 5) is 13.6. The lowest BCUT2D eigenvalue weighted by molar-refractivity contribution is 0.111. The lowest BCUT2D eigenvalue weighted by Crippen LogP contribution is -2.34. The van der Waals surface area contributed by atoms with Crippen molar-refractivity contribution >= 4 is 18.9 Å². The average Bonchev–Trinajstić information content (AvgIpc) is 2.04. The van der Waals surface area contributed by atoms with Crippen LogP contribution in [0.4, 0.5) is 4.39 Å². The predicted molar refractivity (Wildman–Crippen MR) is 39.4 cm³/mol. The van der Waals surface area contributed by atoms with E-state index >= 15 is 0 Å². The van der Waals surface area contributed by atoms with Crippen molar-refractivity contribution in [3.63, 3.8) is 0 Å². The molecule has 1 rings (SSSR count). The Labute approximate surface area is 67.8 Å². The van der Waals surface area contributed by atoms with Gasteiger partial charge in [0.15, 0.2) is 6.29 Å². The molecular formula is C6H5BFNO3. The highest BCUT2D eigenvalue weighted by Gasteiger charge is 2.18. The molecule has 0 atom stereocenters. The summed E-state index contributed by atoms with van der Waals surface area (Å²) >= 11 is 0. The van der Waals surface area contributed by atoms with Crippen LogP contribution in [0.25, 0.3) is 0 Å². The van der Waals surface area contributed by atoms with Gasteiger partial charge in [-0.25, -0.2) is 4.39 Å². The second-order valence-corrected chi connectivity index (χ2v) is 2.12. The number of carbonyl (C=O) groups is 1. The number of rotatable bonds is 2. The Kier molecular flexibility index (Phi) is 2.52. The van der Waals surface area contributed by atoms with Gasteiger partial charge < -0.3 is 10.0 Å². The molecule has 0 fully saturated rings. The Hall–Kier alpha value is -1.27. The summed E-state index contributed by atoms with van der Waals surface area (Å²) in [6, 6.07) is 0. The summed E-state index contributed by atoms with van der Waals surface area (Å²) in [5.41, 5.74) is -0.694. The summed E-state index contributed by atoms with van der Waals surface area (Å²) < 4.78 is 12.9. The van der Waals surface area contributed by atoms with Crippen molar-refractivity contribution in [1.29, 1.82) is 0 Å². The van der Waals surface area contributed by atoms with Crippen LogP contribution in [0.1, 0.15) is 10.4 Å². The molecule has 0 aromatic carbocycles. The van der Waals surface area contributed by atoms with E-state index in [1.165, 1.54) is 0 Å². The summed E-state index contributed by atoms with van der Waals surface area (Å²) in [6.45, 7) is 0. The zero-order valence-corrected chi connectivity index (χ0v) is 5.94. The third-order valence-corrected chi connectivity index (χ3v) is 1.34. The van der Waals surface area contributed by atoms with E-state index in [0.717, 1.165) is 12.4 Å². The molecule has 0 radical (unpaired) electrons. The van der Waals surface area contributed by atoms with Crippen LogP contribution >= 0.6 is 0 Å². The maximum atomic E-state index is 12.9. The fraction of sp³-hybridized carbons (Fsp3) is 0. The molecule has 0 spiro atoms. The second-order valence-electron chi connectivity index (χ2n) is 2.12. The number of halogens is 1. The van der Waals surface area contributed by atoms with Gasteiger partial charge in [-0.3, -0.25) is 9.78 Å². The van der Waals surface area contributed by atoms with Crippen LogP contribution in [0, 0.1) is 5.82 Å². The molecule has 6 heteroatoms. The van der Waals surface area contributed by atoms with Gasteiger partial charge in [0.25, 0.3) is 0 Å². The highest BCUT2D eigenvalue weighted by molar-refractivity contribution is 6.58. The zero-order chi connectivity index (χ0) is 9.14. The van der Waals surface area contributed by atoms with Crippen molar-refractivity contribution in [3.8, 4) is 0 Å². The first-order valence-corrected chi connectivity index (χ1v) is 3.11. The third kappa shape index (κ3) is 1.49. The van der Waals surface area contributed by atoms with Crippen molar-refractivity contribution in [3.05, 3.63) is 23.8 Å². The molecule has 0 bridgehead atoms. The Bertz CT molecular complexity index is 305. The minimum atomic E-state index is -1.95. The summed E-state index contributed by atoms with van der Waals surface area (Å²) in [6.07, 6.45) is 2.22. The molecule has 2 N–H and O–H groups in total. The molecule has 1 aromatic heterocycles. The number of carbonyl (C=O) groups excluding carboxylic acids is 1. The normalized spacial score (nSPS) is 9.58. The monoisotopic (exact) mass is 169 g/mol. The van der Waals surface area contributed by atoms with Crippen molar-refractivity contribution in [2.75, 3.05) is 0 Å². The lowest BCUT2D eigenvalue weighted by atomic mass is 9.80. The van der Waals surface area contributed by atoms with Gasteiger partial charge in [0.05, 0.1) is 5.56 Å². The standard InChI is InChI=1S/C6H5BFNO3/c8-6-4(3-10)1-9-2-5(6)7(11)12/h1-3,11-12H. The molecule has 1 aromatic rings. The lowest BCUT2D eigenvalue weighted by Gasteiger charge is -2.00. The fourth-order valence-electron chi connectivity index (χ4n) is 0.740. The van der Waals surface area contributed by atoms with Crippen LogP contribution in [0.15, 0.2) is 12.4 Å². The van der Waals surface area contributed by atoms with E-state index < -0.39 is 18.4 Å². The molecular weight excluding hydrogens is 164 g/mol. The van der Waals surface area contributed by atoms with Gasteiger partial charge in [-0.1, -0.05) is 0 Å². The van der Waals surface area contributed by atoms with E-state index in [1.54, 1.807) is 0 Å². The smallest absolute Gasteiger partial charge is 0.423 e. The number of hydrogen-bond acceptors (Lipinski definition) is 4. The maximum Gasteiger partial charge on any atom is 0.493 e. The van der Waals surface area contributed by atoms with Gasteiger partial charge in [-0.15, -0.1) is 0 Å². The SMILES string of the molecule is O=Cc1cncc(B(O)O)c1F. The van der Waals surface area contributed by atoms with E-state index in [4.69, 9.17) is 10.0 Å². The Morgan fingerprint density at radius 1 is 1.50 bits per heavy atom. The van der Waals surface area contributed by atoms with Crippen molar-refractivity contribution < 1.29 is 19.2 Å². The Balaban J connectivity index is 3.22.